The predicted molar refractivity (Wildman–Crippen MR) is 176 cm³/mol. The molecule has 1 saturated heterocycles. The maximum Gasteiger partial charge on any atom is 0.494 e. The van der Waals surface area contributed by atoms with Gasteiger partial charge in [-0.1, -0.05) is 91.0 Å². The second-order valence-electron chi connectivity index (χ2n) is 12.5. The van der Waals surface area contributed by atoms with Gasteiger partial charge in [-0.15, -0.1) is 0 Å². The smallest absolute Gasteiger partial charge is 0.399 e. The van der Waals surface area contributed by atoms with Gasteiger partial charge in [0, 0.05) is 23.5 Å². The number of nitrogens with zero attached hydrogens (tertiary/aromatic N) is 2. The van der Waals surface area contributed by atoms with Gasteiger partial charge in [-0.2, -0.15) is 0 Å². The zero-order valence-corrected chi connectivity index (χ0v) is 25.6. The van der Waals surface area contributed by atoms with Crippen molar-refractivity contribution in [2.75, 3.05) is 0 Å². The van der Waals surface area contributed by atoms with Crippen LogP contribution in [0.15, 0.2) is 116 Å². The lowest BCUT2D eigenvalue weighted by Gasteiger charge is -2.32. The quantitative estimate of drug-likeness (QED) is 0.172. The first-order valence-corrected chi connectivity index (χ1v) is 15.2. The second kappa shape index (κ2) is 12.3. The molecule has 2 aromatic heterocycles. The van der Waals surface area contributed by atoms with Crippen LogP contribution in [-0.2, 0) is 35.0 Å². The summed E-state index contributed by atoms with van der Waals surface area (Å²) in [7, 11) is -0.387. The summed E-state index contributed by atoms with van der Waals surface area (Å²) in [5.74, 6) is 0. The number of aromatic nitrogens is 2. The number of pyridine rings is 2. The van der Waals surface area contributed by atoms with Crippen molar-refractivity contribution in [3.63, 3.8) is 0 Å². The average Bonchev–Trinajstić information content (AvgIpc) is 3.26. The van der Waals surface area contributed by atoms with Crippen LogP contribution in [0, 0.1) is 0 Å². The highest BCUT2D eigenvalue weighted by molar-refractivity contribution is 6.62. The number of hydrogen-bond donors (Lipinski definition) is 0. The third-order valence-electron chi connectivity index (χ3n) is 8.79. The van der Waals surface area contributed by atoms with Crippen LogP contribution in [0.25, 0.3) is 22.5 Å². The Morgan fingerprint density at radius 2 is 0.930 bits per heavy atom. The minimum absolute atomic E-state index is 0.383. The van der Waals surface area contributed by atoms with Crippen LogP contribution >= 0.6 is 0 Å². The summed E-state index contributed by atoms with van der Waals surface area (Å²) in [5, 5.41) is 0. The number of benzene rings is 3. The first-order chi connectivity index (χ1) is 20.8. The van der Waals surface area contributed by atoms with Crippen molar-refractivity contribution in [2.45, 2.75) is 64.6 Å². The van der Waals surface area contributed by atoms with Crippen molar-refractivity contribution in [1.82, 2.24) is 9.97 Å². The fraction of sp³-hybridized carbons (Fsp3) is 0.263. The van der Waals surface area contributed by atoms with Gasteiger partial charge in [0.05, 0.1) is 22.6 Å². The molecule has 5 heteroatoms. The summed E-state index contributed by atoms with van der Waals surface area (Å²) >= 11 is 0. The van der Waals surface area contributed by atoms with Gasteiger partial charge in [0.2, 0.25) is 0 Å². The third kappa shape index (κ3) is 6.79. The fourth-order valence-electron chi connectivity index (χ4n) is 5.48. The molecule has 4 nitrogen and oxygen atoms in total. The first kappa shape index (κ1) is 29.0. The van der Waals surface area contributed by atoms with E-state index in [1.165, 1.54) is 22.3 Å². The van der Waals surface area contributed by atoms with Crippen molar-refractivity contribution in [1.29, 1.82) is 0 Å². The van der Waals surface area contributed by atoms with Crippen molar-refractivity contribution >= 4 is 12.6 Å². The molecule has 216 valence electrons. The first-order valence-electron chi connectivity index (χ1n) is 15.2. The van der Waals surface area contributed by atoms with E-state index < -0.39 is 0 Å². The standard InChI is InChI=1S/C38H39BN2O2/c1-37(2)38(3,4)43-39(42-37)34-24-30(17-15-28-19-21-35(40-26-28)32-11-7-5-8-12-32)23-31(25-34)18-16-29-20-22-36(41-27-29)33-13-9-6-10-14-33/h5-14,19-27H,15-18H2,1-4H3. The summed E-state index contributed by atoms with van der Waals surface area (Å²) in [6, 6.07) is 36.1. The molecule has 0 bridgehead atoms. The fourth-order valence-corrected chi connectivity index (χ4v) is 5.48. The van der Waals surface area contributed by atoms with Crippen LogP contribution in [0.3, 0.4) is 0 Å². The number of aryl methyl sites for hydroxylation is 4. The number of hydrogen-bond acceptors (Lipinski definition) is 4. The van der Waals surface area contributed by atoms with E-state index in [9.17, 15) is 0 Å². The van der Waals surface area contributed by atoms with Crippen LogP contribution in [0.2, 0.25) is 0 Å². The lowest BCUT2D eigenvalue weighted by atomic mass is 9.76. The van der Waals surface area contributed by atoms with Crippen molar-refractivity contribution in [2.24, 2.45) is 0 Å². The summed E-state index contributed by atoms with van der Waals surface area (Å²) in [6.07, 6.45) is 7.68. The van der Waals surface area contributed by atoms with Crippen molar-refractivity contribution < 1.29 is 9.31 Å². The SMILES string of the molecule is CC1(C)OB(c2cc(CCc3ccc(-c4ccccc4)nc3)cc(CCc3ccc(-c4ccccc4)nc3)c2)OC1(C)C. The van der Waals surface area contributed by atoms with Crippen LogP contribution in [-0.4, -0.2) is 28.3 Å². The lowest BCUT2D eigenvalue weighted by molar-refractivity contribution is 0.00578. The Hall–Kier alpha value is -4.06. The maximum absolute atomic E-state index is 6.45. The van der Waals surface area contributed by atoms with E-state index in [0.717, 1.165) is 53.7 Å². The van der Waals surface area contributed by atoms with Crippen LogP contribution in [0.4, 0.5) is 0 Å². The highest BCUT2D eigenvalue weighted by Gasteiger charge is 2.51. The van der Waals surface area contributed by atoms with Crippen molar-refractivity contribution in [3.8, 4) is 22.5 Å². The van der Waals surface area contributed by atoms with Crippen LogP contribution < -0.4 is 5.46 Å². The summed E-state index contributed by atoms with van der Waals surface area (Å²) < 4.78 is 12.9. The predicted octanol–water partition coefficient (Wildman–Crippen LogP) is 7.68. The van der Waals surface area contributed by atoms with Gasteiger partial charge in [0.25, 0.3) is 0 Å². The Morgan fingerprint density at radius 1 is 0.512 bits per heavy atom. The van der Waals surface area contributed by atoms with Gasteiger partial charge < -0.3 is 9.31 Å². The van der Waals surface area contributed by atoms with Gasteiger partial charge in [-0.25, -0.2) is 0 Å². The van der Waals surface area contributed by atoms with Gasteiger partial charge >= 0.3 is 7.12 Å². The summed E-state index contributed by atoms with van der Waals surface area (Å²) in [4.78, 5) is 9.47. The highest BCUT2D eigenvalue weighted by Crippen LogP contribution is 2.36. The Morgan fingerprint density at radius 3 is 1.33 bits per heavy atom. The molecule has 0 aliphatic carbocycles. The molecule has 6 rings (SSSR count). The zero-order valence-electron chi connectivity index (χ0n) is 25.6. The Labute approximate surface area is 256 Å². The van der Waals surface area contributed by atoms with E-state index >= 15 is 0 Å². The van der Waals surface area contributed by atoms with Gasteiger partial charge in [-0.05, 0) is 93.2 Å². The maximum atomic E-state index is 6.45. The van der Waals surface area contributed by atoms with Crippen molar-refractivity contribution in [3.05, 3.63) is 138 Å². The molecule has 0 atom stereocenters. The van der Waals surface area contributed by atoms with E-state index in [1.54, 1.807) is 0 Å². The topological polar surface area (TPSA) is 44.2 Å². The molecular formula is C38H39BN2O2. The van der Waals surface area contributed by atoms with Crippen LogP contribution in [0.1, 0.15) is 49.9 Å². The van der Waals surface area contributed by atoms with Gasteiger partial charge in [0.15, 0.2) is 0 Å². The van der Waals surface area contributed by atoms with E-state index in [2.05, 4.69) is 94.4 Å². The number of rotatable bonds is 9. The molecule has 0 N–H and O–H groups in total. The molecule has 0 unspecified atom stereocenters. The second-order valence-corrected chi connectivity index (χ2v) is 12.5. The Kier molecular flexibility index (Phi) is 8.29. The minimum Gasteiger partial charge on any atom is -0.399 e. The summed E-state index contributed by atoms with van der Waals surface area (Å²) in [6.45, 7) is 8.43. The molecule has 1 fully saturated rings. The third-order valence-corrected chi connectivity index (χ3v) is 8.79. The molecule has 3 heterocycles. The van der Waals surface area contributed by atoms with Crippen LogP contribution in [0.5, 0.6) is 0 Å². The van der Waals surface area contributed by atoms with E-state index in [-0.39, 0.29) is 18.3 Å². The molecule has 1 aliphatic heterocycles. The molecule has 3 aromatic carbocycles. The molecule has 1 aliphatic rings. The molecular weight excluding hydrogens is 527 g/mol. The largest absolute Gasteiger partial charge is 0.494 e. The summed E-state index contributed by atoms with van der Waals surface area (Å²) in [5.41, 5.74) is 9.62. The molecule has 5 aromatic rings. The Balaban J connectivity index is 1.19. The van der Waals surface area contributed by atoms with Gasteiger partial charge in [-0.3, -0.25) is 9.97 Å². The minimum atomic E-state index is -0.387. The Bertz CT molecular complexity index is 1530. The molecule has 0 saturated carbocycles. The molecule has 0 spiro atoms. The molecule has 0 radical (unpaired) electrons. The lowest BCUT2D eigenvalue weighted by Crippen LogP contribution is -2.41. The normalized spacial score (nSPS) is 15.5. The zero-order chi connectivity index (χ0) is 29.9. The van der Waals surface area contributed by atoms with E-state index in [4.69, 9.17) is 19.3 Å². The average molecular weight is 567 g/mol. The van der Waals surface area contributed by atoms with E-state index in [0.29, 0.717) is 0 Å². The van der Waals surface area contributed by atoms with E-state index in [1.807, 2.05) is 48.8 Å². The van der Waals surface area contributed by atoms with Gasteiger partial charge in [0.1, 0.15) is 0 Å². The highest BCUT2D eigenvalue weighted by atomic mass is 16.7. The molecule has 43 heavy (non-hydrogen) atoms. The molecule has 0 amide bonds. The monoisotopic (exact) mass is 566 g/mol.